The van der Waals surface area contributed by atoms with E-state index < -0.39 is 0 Å². The van der Waals surface area contributed by atoms with E-state index in [1.54, 1.807) is 0 Å². The van der Waals surface area contributed by atoms with Crippen molar-refractivity contribution in [2.45, 2.75) is 0 Å². The first-order valence-electron chi connectivity index (χ1n) is 24.4. The molecule has 0 radical (unpaired) electrons. The lowest BCUT2D eigenvalue weighted by Gasteiger charge is -2.08. The van der Waals surface area contributed by atoms with Crippen LogP contribution in [0.15, 0.2) is 236 Å². The fraction of sp³-hybridized carbons (Fsp3) is 0. The molecule has 6 heterocycles. The summed E-state index contributed by atoms with van der Waals surface area (Å²) in [5, 5.41) is 13.3. The molecule has 6 aromatic heterocycles. The van der Waals surface area contributed by atoms with Crippen molar-refractivity contribution in [3.05, 3.63) is 218 Å². The predicted octanol–water partition coefficient (Wildman–Crippen LogP) is 18.8. The van der Waals surface area contributed by atoms with Gasteiger partial charge >= 0.3 is 0 Å². The molecular formula is C66H36N2O4. The minimum atomic E-state index is 0.830. The van der Waals surface area contributed by atoms with Gasteiger partial charge in [0, 0.05) is 76.0 Å². The highest BCUT2D eigenvalue weighted by Crippen LogP contribution is 2.45. The van der Waals surface area contributed by atoms with Gasteiger partial charge in [0.05, 0.1) is 22.1 Å². The van der Waals surface area contributed by atoms with E-state index in [9.17, 15) is 0 Å². The normalized spacial score (nSPS) is 12.4. The molecule has 6 nitrogen and oxygen atoms in total. The first-order chi connectivity index (χ1) is 35.7. The van der Waals surface area contributed by atoms with Crippen molar-refractivity contribution in [3.63, 3.8) is 0 Å². The molecule has 0 bridgehead atoms. The Morgan fingerprint density at radius 3 is 0.861 bits per heavy atom. The van der Waals surface area contributed by atoms with E-state index in [-0.39, 0.29) is 0 Å². The summed E-state index contributed by atoms with van der Waals surface area (Å²) in [4.78, 5) is 0. The second-order valence-electron chi connectivity index (χ2n) is 19.1. The van der Waals surface area contributed by atoms with E-state index in [1.807, 2.05) is 24.3 Å². The lowest BCUT2D eigenvalue weighted by atomic mass is 9.96. The second-order valence-corrected chi connectivity index (χ2v) is 19.1. The quantitative estimate of drug-likeness (QED) is 0.176. The highest BCUT2D eigenvalue weighted by Gasteiger charge is 2.22. The number of furan rings is 4. The third-order valence-corrected chi connectivity index (χ3v) is 15.3. The summed E-state index contributed by atoms with van der Waals surface area (Å²) in [6.07, 6.45) is 0. The molecule has 0 atom stereocenters. The first kappa shape index (κ1) is 38.1. The highest BCUT2D eigenvalue weighted by atomic mass is 16.3. The van der Waals surface area contributed by atoms with Crippen molar-refractivity contribution >= 4 is 131 Å². The first-order valence-corrected chi connectivity index (χ1v) is 24.4. The summed E-state index contributed by atoms with van der Waals surface area (Å²) >= 11 is 0. The Morgan fingerprint density at radius 1 is 0.208 bits per heavy atom. The minimum Gasteiger partial charge on any atom is -0.456 e. The van der Waals surface area contributed by atoms with Gasteiger partial charge in [-0.05, 0) is 138 Å². The maximum Gasteiger partial charge on any atom is 0.136 e. The number of benzene rings is 11. The van der Waals surface area contributed by atoms with Gasteiger partial charge in [-0.15, -0.1) is 0 Å². The van der Waals surface area contributed by atoms with Gasteiger partial charge < -0.3 is 26.8 Å². The molecule has 11 aromatic carbocycles. The Morgan fingerprint density at radius 2 is 0.500 bits per heavy atom. The van der Waals surface area contributed by atoms with E-state index >= 15 is 0 Å². The molecule has 0 fully saturated rings. The molecule has 17 aromatic rings. The molecule has 0 unspecified atom stereocenters. The Labute approximate surface area is 408 Å². The van der Waals surface area contributed by atoms with Gasteiger partial charge in [-0.25, -0.2) is 0 Å². The van der Waals surface area contributed by atoms with Crippen LogP contribution in [-0.4, -0.2) is 9.13 Å². The zero-order valence-electron chi connectivity index (χ0n) is 38.3. The molecule has 0 saturated heterocycles. The molecule has 0 aliphatic heterocycles. The average molecular weight is 921 g/mol. The van der Waals surface area contributed by atoms with Crippen LogP contribution in [0.2, 0.25) is 0 Å². The van der Waals surface area contributed by atoms with Crippen LogP contribution >= 0.6 is 0 Å². The van der Waals surface area contributed by atoms with E-state index in [1.165, 1.54) is 43.6 Å². The van der Waals surface area contributed by atoms with Crippen molar-refractivity contribution in [1.82, 2.24) is 9.13 Å². The zero-order chi connectivity index (χ0) is 46.8. The van der Waals surface area contributed by atoms with Crippen LogP contribution in [0.4, 0.5) is 0 Å². The number of fused-ring (bicyclic) bond motifs is 20. The van der Waals surface area contributed by atoms with Crippen LogP contribution < -0.4 is 0 Å². The summed E-state index contributed by atoms with van der Waals surface area (Å²) < 4.78 is 31.1. The Balaban J connectivity index is 0.801. The molecule has 17 rings (SSSR count). The fourth-order valence-corrected chi connectivity index (χ4v) is 12.2. The number of para-hydroxylation sites is 4. The summed E-state index contributed by atoms with van der Waals surface area (Å²) in [5.74, 6) is 0. The summed E-state index contributed by atoms with van der Waals surface area (Å²) in [7, 11) is 0. The molecule has 0 N–H and O–H groups in total. The number of nitrogens with zero attached hydrogens (tertiary/aromatic N) is 2. The van der Waals surface area contributed by atoms with Crippen LogP contribution in [-0.2, 0) is 0 Å². The Kier molecular flexibility index (Phi) is 7.38. The predicted molar refractivity (Wildman–Crippen MR) is 295 cm³/mol. The minimum absolute atomic E-state index is 0.830. The van der Waals surface area contributed by atoms with E-state index in [4.69, 9.17) is 17.7 Å². The van der Waals surface area contributed by atoms with Gasteiger partial charge in [-0.2, -0.15) is 0 Å². The fourth-order valence-electron chi connectivity index (χ4n) is 12.2. The maximum atomic E-state index is 6.60. The molecule has 0 aliphatic carbocycles. The van der Waals surface area contributed by atoms with Crippen LogP contribution in [0.5, 0.6) is 0 Å². The monoisotopic (exact) mass is 920 g/mol. The SMILES string of the molecule is c1cc(-c2ccc3oc4ccc5oc6ccc(-n7c8ccccc8c8ccccc87)cc6c5c4c3c2)cc(-c2ccc3oc4ccc5oc6ccc(-n7c8ccccc8c8ccccc87)cc6c5c4c3c2)c1. The third-order valence-electron chi connectivity index (χ3n) is 15.3. The third kappa shape index (κ3) is 5.16. The summed E-state index contributed by atoms with van der Waals surface area (Å²) in [5.41, 5.74) is 17.9. The Bertz CT molecular complexity index is 4760. The van der Waals surface area contributed by atoms with E-state index in [0.717, 1.165) is 121 Å². The number of rotatable bonds is 4. The molecule has 0 amide bonds. The smallest absolute Gasteiger partial charge is 0.136 e. The standard InChI is InChI=1S/C66H36N2O4/c1-5-16-51-43(12-1)44-13-2-6-17-52(44)67(51)41-22-26-57-49(35-41)65-61(71-57)30-28-59-63(65)47-33-39(20-24-55(47)69-59)37-10-9-11-38(32-37)40-21-25-56-48(34-40)64-60(70-56)29-31-62-66(64)50-36-42(23-27-58(50)72-62)68-53-18-7-3-14-45(53)46-15-4-8-19-54(46)68/h1-36H. The van der Waals surface area contributed by atoms with E-state index in [0.29, 0.717) is 0 Å². The number of hydrogen-bond donors (Lipinski definition) is 0. The van der Waals surface area contributed by atoms with Crippen molar-refractivity contribution in [1.29, 1.82) is 0 Å². The molecular weight excluding hydrogens is 885 g/mol. The zero-order valence-corrected chi connectivity index (χ0v) is 38.3. The molecule has 0 aliphatic rings. The van der Waals surface area contributed by atoms with Gasteiger partial charge in [0.15, 0.2) is 0 Å². The van der Waals surface area contributed by atoms with Gasteiger partial charge in [-0.3, -0.25) is 0 Å². The lowest BCUT2D eigenvalue weighted by Crippen LogP contribution is -1.93. The largest absolute Gasteiger partial charge is 0.456 e. The summed E-state index contributed by atoms with van der Waals surface area (Å²) in [6, 6.07) is 77.6. The molecule has 334 valence electrons. The average Bonchev–Trinajstić information content (AvgIpc) is 4.29. The van der Waals surface area contributed by atoms with Gasteiger partial charge in [0.2, 0.25) is 0 Å². The van der Waals surface area contributed by atoms with Crippen molar-refractivity contribution < 1.29 is 17.7 Å². The number of hydrogen-bond acceptors (Lipinski definition) is 4. The second kappa shape index (κ2) is 13.9. The summed E-state index contributed by atoms with van der Waals surface area (Å²) in [6.45, 7) is 0. The van der Waals surface area contributed by atoms with E-state index in [2.05, 4.69) is 203 Å². The van der Waals surface area contributed by atoms with Gasteiger partial charge in [0.1, 0.15) is 44.7 Å². The van der Waals surface area contributed by atoms with Gasteiger partial charge in [0.25, 0.3) is 0 Å². The van der Waals surface area contributed by atoms with Crippen LogP contribution in [0.25, 0.3) is 165 Å². The van der Waals surface area contributed by atoms with Gasteiger partial charge in [-0.1, -0.05) is 103 Å². The van der Waals surface area contributed by atoms with Crippen molar-refractivity contribution in [2.24, 2.45) is 0 Å². The van der Waals surface area contributed by atoms with Crippen molar-refractivity contribution in [2.75, 3.05) is 0 Å². The topological polar surface area (TPSA) is 62.4 Å². The molecule has 0 spiro atoms. The highest BCUT2D eigenvalue weighted by molar-refractivity contribution is 6.28. The molecule has 0 saturated carbocycles. The molecule has 72 heavy (non-hydrogen) atoms. The Hall–Kier alpha value is -9.78. The number of aromatic nitrogens is 2. The van der Waals surface area contributed by atoms with Crippen LogP contribution in [0.3, 0.4) is 0 Å². The molecule has 6 heteroatoms. The van der Waals surface area contributed by atoms with Crippen LogP contribution in [0.1, 0.15) is 0 Å². The maximum absolute atomic E-state index is 6.60. The lowest BCUT2D eigenvalue weighted by molar-refractivity contribution is 0.663. The van der Waals surface area contributed by atoms with Crippen molar-refractivity contribution in [3.8, 4) is 33.6 Å². The van der Waals surface area contributed by atoms with Crippen LogP contribution in [0, 0.1) is 0 Å².